The highest BCUT2D eigenvalue weighted by atomic mass is 79.9. The molecule has 1 aliphatic carbocycles. The van der Waals surface area contributed by atoms with Crippen LogP contribution in [-0.4, -0.2) is 11.6 Å². The summed E-state index contributed by atoms with van der Waals surface area (Å²) in [5.41, 5.74) is 6.67. The van der Waals surface area contributed by atoms with Crippen molar-refractivity contribution in [1.82, 2.24) is 4.98 Å². The lowest BCUT2D eigenvalue weighted by molar-refractivity contribution is 0.290. The summed E-state index contributed by atoms with van der Waals surface area (Å²) in [6.45, 7) is 0.629. The zero-order chi connectivity index (χ0) is 14.8. The van der Waals surface area contributed by atoms with Crippen LogP contribution in [0.1, 0.15) is 12.8 Å². The van der Waals surface area contributed by atoms with Crippen LogP contribution in [0.15, 0.2) is 34.8 Å². The molecule has 0 atom stereocenters. The van der Waals surface area contributed by atoms with Gasteiger partial charge in [-0.3, -0.25) is 0 Å². The number of nitrogen functional groups attached to an aromatic ring is 1. The Kier molecular flexibility index (Phi) is 3.96. The molecule has 0 amide bonds. The lowest BCUT2D eigenvalue weighted by Crippen LogP contribution is -2.05. The molecule has 1 heterocycles. The van der Waals surface area contributed by atoms with E-state index in [1.54, 1.807) is 24.3 Å². The van der Waals surface area contributed by atoms with E-state index in [-0.39, 0.29) is 5.82 Å². The van der Waals surface area contributed by atoms with Crippen LogP contribution in [0.4, 0.5) is 21.6 Å². The van der Waals surface area contributed by atoms with E-state index in [9.17, 15) is 4.39 Å². The number of nitrogens with two attached hydrogens (primary N) is 1. The first-order chi connectivity index (χ1) is 10.1. The molecule has 1 aromatic heterocycles. The summed E-state index contributed by atoms with van der Waals surface area (Å²) in [6.07, 6.45) is 2.39. The normalized spacial score (nSPS) is 14.0. The van der Waals surface area contributed by atoms with Crippen molar-refractivity contribution in [3.05, 3.63) is 40.6 Å². The van der Waals surface area contributed by atoms with Gasteiger partial charge in [-0.2, -0.15) is 4.98 Å². The molecule has 1 saturated carbocycles. The van der Waals surface area contributed by atoms with Crippen LogP contribution in [0.25, 0.3) is 0 Å². The van der Waals surface area contributed by atoms with E-state index in [1.165, 1.54) is 18.9 Å². The first kappa shape index (κ1) is 14.1. The summed E-state index contributed by atoms with van der Waals surface area (Å²) < 4.78 is 20.0. The highest BCUT2D eigenvalue weighted by molar-refractivity contribution is 9.10. The second-order valence-electron chi connectivity index (χ2n) is 5.07. The van der Waals surface area contributed by atoms with Gasteiger partial charge in [0.15, 0.2) is 0 Å². The van der Waals surface area contributed by atoms with E-state index < -0.39 is 0 Å². The fourth-order valence-electron chi connectivity index (χ4n) is 1.86. The van der Waals surface area contributed by atoms with Crippen molar-refractivity contribution >= 4 is 33.1 Å². The van der Waals surface area contributed by atoms with Crippen molar-refractivity contribution in [2.45, 2.75) is 12.8 Å². The van der Waals surface area contributed by atoms with E-state index >= 15 is 0 Å². The lowest BCUT2D eigenvalue weighted by atomic mass is 10.3. The molecule has 0 spiro atoms. The van der Waals surface area contributed by atoms with E-state index in [2.05, 4.69) is 26.2 Å². The maximum atomic E-state index is 13.8. The topological polar surface area (TPSA) is 60.2 Å². The first-order valence-corrected chi connectivity index (χ1v) is 7.53. The fourth-order valence-corrected chi connectivity index (χ4v) is 2.30. The predicted octanol–water partition coefficient (Wildman–Crippen LogP) is 4.10. The zero-order valence-electron chi connectivity index (χ0n) is 11.3. The number of halogens is 2. The minimum absolute atomic E-state index is 0.336. The molecule has 110 valence electrons. The average molecular weight is 352 g/mol. The standard InChI is InChI=1S/C15H15BrFN3O/c16-10-2-1-3-11(17)14(10)19-13-7-6-12(18)15(20-13)21-8-9-4-5-9/h1-3,6-7,9H,4-5,8,18H2,(H,19,20). The smallest absolute Gasteiger partial charge is 0.239 e. The molecule has 1 fully saturated rings. The van der Waals surface area contributed by atoms with E-state index in [0.29, 0.717) is 40.1 Å². The molecule has 0 unspecified atom stereocenters. The number of para-hydroxylation sites is 1. The third-order valence-electron chi connectivity index (χ3n) is 3.26. The summed E-state index contributed by atoms with van der Waals surface area (Å²) in [5.74, 6) is 1.13. The van der Waals surface area contributed by atoms with E-state index in [0.717, 1.165) is 0 Å². The van der Waals surface area contributed by atoms with Gasteiger partial charge in [0, 0.05) is 4.47 Å². The number of pyridine rings is 1. The van der Waals surface area contributed by atoms with Gasteiger partial charge in [0.25, 0.3) is 0 Å². The molecule has 2 aromatic rings. The predicted molar refractivity (Wildman–Crippen MR) is 84.3 cm³/mol. The summed E-state index contributed by atoms with van der Waals surface area (Å²) in [7, 11) is 0. The lowest BCUT2D eigenvalue weighted by Gasteiger charge is -2.12. The molecule has 0 radical (unpaired) electrons. The van der Waals surface area contributed by atoms with Crippen LogP contribution in [0.2, 0.25) is 0 Å². The second-order valence-corrected chi connectivity index (χ2v) is 5.92. The molecule has 0 saturated heterocycles. The van der Waals surface area contributed by atoms with Gasteiger partial charge >= 0.3 is 0 Å². The Bertz CT molecular complexity index is 641. The molecule has 3 N–H and O–H groups in total. The number of nitrogens with one attached hydrogen (secondary N) is 1. The van der Waals surface area contributed by atoms with Crippen molar-refractivity contribution in [2.75, 3.05) is 17.7 Å². The van der Waals surface area contributed by atoms with Crippen LogP contribution in [0.3, 0.4) is 0 Å². The number of anilines is 3. The Morgan fingerprint density at radius 1 is 1.33 bits per heavy atom. The third kappa shape index (κ3) is 3.44. The minimum Gasteiger partial charge on any atom is -0.476 e. The number of aromatic nitrogens is 1. The van der Waals surface area contributed by atoms with Gasteiger partial charge in [-0.25, -0.2) is 4.39 Å². The van der Waals surface area contributed by atoms with E-state index in [1.807, 2.05) is 0 Å². The van der Waals surface area contributed by atoms with Gasteiger partial charge in [-0.1, -0.05) is 6.07 Å². The molecular formula is C15H15BrFN3O. The Morgan fingerprint density at radius 3 is 2.86 bits per heavy atom. The van der Waals surface area contributed by atoms with Gasteiger partial charge in [-0.15, -0.1) is 0 Å². The zero-order valence-corrected chi connectivity index (χ0v) is 12.9. The van der Waals surface area contributed by atoms with Gasteiger partial charge < -0.3 is 15.8 Å². The molecule has 0 bridgehead atoms. The number of benzene rings is 1. The number of hydrogen-bond acceptors (Lipinski definition) is 4. The Hall–Kier alpha value is -1.82. The molecule has 3 rings (SSSR count). The maximum Gasteiger partial charge on any atom is 0.239 e. The molecule has 1 aliphatic rings. The second kappa shape index (κ2) is 5.89. The average Bonchev–Trinajstić information content (AvgIpc) is 3.27. The molecule has 6 heteroatoms. The van der Waals surface area contributed by atoms with Crippen LogP contribution in [0.5, 0.6) is 5.88 Å². The fraction of sp³-hybridized carbons (Fsp3) is 0.267. The molecule has 0 aliphatic heterocycles. The van der Waals surface area contributed by atoms with Crippen LogP contribution in [0, 0.1) is 11.7 Å². The van der Waals surface area contributed by atoms with Gasteiger partial charge in [0.2, 0.25) is 5.88 Å². The molecule has 21 heavy (non-hydrogen) atoms. The first-order valence-electron chi connectivity index (χ1n) is 6.74. The Morgan fingerprint density at radius 2 is 2.14 bits per heavy atom. The van der Waals surface area contributed by atoms with Gasteiger partial charge in [0.05, 0.1) is 18.0 Å². The Labute approximate surface area is 130 Å². The van der Waals surface area contributed by atoms with Gasteiger partial charge in [-0.05, 0) is 59.0 Å². The number of rotatable bonds is 5. The molecule has 1 aromatic carbocycles. The van der Waals surface area contributed by atoms with Crippen molar-refractivity contribution < 1.29 is 9.13 Å². The SMILES string of the molecule is Nc1ccc(Nc2c(F)cccc2Br)nc1OCC1CC1. The van der Waals surface area contributed by atoms with Crippen LogP contribution >= 0.6 is 15.9 Å². The largest absolute Gasteiger partial charge is 0.476 e. The summed E-state index contributed by atoms with van der Waals surface area (Å²) >= 11 is 3.31. The summed E-state index contributed by atoms with van der Waals surface area (Å²) in [5, 5.41) is 2.94. The van der Waals surface area contributed by atoms with Crippen molar-refractivity contribution in [3.8, 4) is 5.88 Å². The van der Waals surface area contributed by atoms with Crippen molar-refractivity contribution in [3.63, 3.8) is 0 Å². The number of ether oxygens (including phenoxy) is 1. The third-order valence-corrected chi connectivity index (χ3v) is 3.92. The molecule has 4 nitrogen and oxygen atoms in total. The summed E-state index contributed by atoms with van der Waals surface area (Å²) in [6, 6.07) is 8.16. The highest BCUT2D eigenvalue weighted by Crippen LogP contribution is 2.32. The highest BCUT2D eigenvalue weighted by Gasteiger charge is 2.22. The van der Waals surface area contributed by atoms with Crippen molar-refractivity contribution in [1.29, 1.82) is 0 Å². The van der Waals surface area contributed by atoms with Gasteiger partial charge in [0.1, 0.15) is 11.6 Å². The quantitative estimate of drug-likeness (QED) is 0.851. The van der Waals surface area contributed by atoms with Crippen LogP contribution < -0.4 is 15.8 Å². The van der Waals surface area contributed by atoms with Crippen molar-refractivity contribution in [2.24, 2.45) is 5.92 Å². The minimum atomic E-state index is -0.358. The number of nitrogens with zero attached hydrogens (tertiary/aromatic N) is 1. The molecular weight excluding hydrogens is 337 g/mol. The number of hydrogen-bond donors (Lipinski definition) is 2. The monoisotopic (exact) mass is 351 g/mol. The van der Waals surface area contributed by atoms with Crippen LogP contribution in [-0.2, 0) is 0 Å². The summed E-state index contributed by atoms with van der Waals surface area (Å²) in [4.78, 5) is 4.30. The maximum absolute atomic E-state index is 13.8. The van der Waals surface area contributed by atoms with E-state index in [4.69, 9.17) is 10.5 Å². The Balaban J connectivity index is 1.80.